The van der Waals surface area contributed by atoms with E-state index < -0.39 is 0 Å². The average Bonchev–Trinajstić information content (AvgIpc) is 2.47. The second kappa shape index (κ2) is 6.51. The lowest BCUT2D eigenvalue weighted by molar-refractivity contribution is -0.136. The van der Waals surface area contributed by atoms with E-state index in [1.54, 1.807) is 29.2 Å². The molecule has 1 aromatic rings. The van der Waals surface area contributed by atoms with Crippen LogP contribution in [0.15, 0.2) is 49.6 Å². The van der Waals surface area contributed by atoms with E-state index in [0.717, 1.165) is 19.3 Å². The molecule has 1 aliphatic rings. The summed E-state index contributed by atoms with van der Waals surface area (Å²) in [5.41, 5.74) is 0.594. The highest BCUT2D eigenvalue weighted by atomic mass is 19.1. The van der Waals surface area contributed by atoms with Gasteiger partial charge in [-0.1, -0.05) is 30.4 Å². The first-order valence-electron chi connectivity index (χ1n) is 6.98. The molecule has 2 atom stereocenters. The summed E-state index contributed by atoms with van der Waals surface area (Å²) < 4.78 is 14.0. The molecule has 1 fully saturated rings. The van der Waals surface area contributed by atoms with Crippen molar-refractivity contribution in [2.24, 2.45) is 0 Å². The molecule has 20 heavy (non-hydrogen) atoms. The Morgan fingerprint density at radius 3 is 2.75 bits per heavy atom. The van der Waals surface area contributed by atoms with Gasteiger partial charge in [0.05, 0.1) is 12.1 Å². The average molecular weight is 273 g/mol. The summed E-state index contributed by atoms with van der Waals surface area (Å²) in [5, 5.41) is 0. The molecule has 106 valence electrons. The molecule has 0 N–H and O–H groups in total. The van der Waals surface area contributed by atoms with Crippen molar-refractivity contribution in [2.75, 3.05) is 0 Å². The number of hydrogen-bond acceptors (Lipinski definition) is 1. The maximum atomic E-state index is 14.0. The van der Waals surface area contributed by atoms with E-state index in [2.05, 4.69) is 13.2 Å². The Kier molecular flexibility index (Phi) is 4.72. The molecule has 1 heterocycles. The smallest absolute Gasteiger partial charge is 0.227 e. The molecule has 0 radical (unpaired) electrons. The van der Waals surface area contributed by atoms with Crippen LogP contribution in [0.2, 0.25) is 0 Å². The normalized spacial score (nSPS) is 22.4. The standard InChI is InChI=1S/C17H20FNO/c1-3-8-17(20)19-13(4-2)9-7-12-16(19)14-10-5-6-11-15(14)18/h3-6,10-11,13,16H,1-2,7-9,12H2/t13-,16-/m1/s1. The summed E-state index contributed by atoms with van der Waals surface area (Å²) in [5.74, 6) is -0.267. The van der Waals surface area contributed by atoms with Crippen molar-refractivity contribution in [3.05, 3.63) is 61.0 Å². The van der Waals surface area contributed by atoms with E-state index in [4.69, 9.17) is 0 Å². The summed E-state index contributed by atoms with van der Waals surface area (Å²) >= 11 is 0. The van der Waals surface area contributed by atoms with Crippen molar-refractivity contribution in [1.82, 2.24) is 4.90 Å². The van der Waals surface area contributed by atoms with Crippen molar-refractivity contribution in [2.45, 2.75) is 37.8 Å². The first kappa shape index (κ1) is 14.5. The van der Waals surface area contributed by atoms with E-state index in [9.17, 15) is 9.18 Å². The highest BCUT2D eigenvalue weighted by Crippen LogP contribution is 2.36. The highest BCUT2D eigenvalue weighted by molar-refractivity contribution is 5.79. The third-order valence-electron chi connectivity index (χ3n) is 3.81. The highest BCUT2D eigenvalue weighted by Gasteiger charge is 2.34. The van der Waals surface area contributed by atoms with Crippen LogP contribution in [0.4, 0.5) is 4.39 Å². The zero-order valence-electron chi connectivity index (χ0n) is 11.6. The summed E-state index contributed by atoms with van der Waals surface area (Å²) in [4.78, 5) is 14.1. The zero-order valence-corrected chi connectivity index (χ0v) is 11.6. The van der Waals surface area contributed by atoms with Gasteiger partial charge in [0, 0.05) is 12.0 Å². The number of halogens is 1. The number of benzene rings is 1. The number of hydrogen-bond donors (Lipinski definition) is 0. The second-order valence-corrected chi connectivity index (χ2v) is 5.07. The van der Waals surface area contributed by atoms with Crippen molar-refractivity contribution < 1.29 is 9.18 Å². The maximum Gasteiger partial charge on any atom is 0.227 e. The van der Waals surface area contributed by atoms with Gasteiger partial charge in [0.25, 0.3) is 0 Å². The summed E-state index contributed by atoms with van der Waals surface area (Å²) in [6.45, 7) is 7.43. The van der Waals surface area contributed by atoms with E-state index in [-0.39, 0.29) is 30.2 Å². The lowest BCUT2D eigenvalue weighted by Gasteiger charge is -2.41. The van der Waals surface area contributed by atoms with Gasteiger partial charge in [-0.3, -0.25) is 4.79 Å². The predicted octanol–water partition coefficient (Wildman–Crippen LogP) is 4.01. The number of piperidine rings is 1. The van der Waals surface area contributed by atoms with E-state index in [1.165, 1.54) is 6.07 Å². The molecule has 0 unspecified atom stereocenters. The number of nitrogens with zero attached hydrogens (tertiary/aromatic N) is 1. The van der Waals surface area contributed by atoms with Gasteiger partial charge in [-0.05, 0) is 25.3 Å². The van der Waals surface area contributed by atoms with Crippen LogP contribution in [-0.2, 0) is 4.79 Å². The molecule has 1 saturated heterocycles. The van der Waals surface area contributed by atoms with Crippen molar-refractivity contribution in [3.8, 4) is 0 Å². The van der Waals surface area contributed by atoms with Gasteiger partial charge in [0.15, 0.2) is 0 Å². The third-order valence-corrected chi connectivity index (χ3v) is 3.81. The van der Waals surface area contributed by atoms with Gasteiger partial charge < -0.3 is 4.90 Å². The predicted molar refractivity (Wildman–Crippen MR) is 78.6 cm³/mol. The third kappa shape index (κ3) is 2.82. The Balaban J connectivity index is 2.37. The monoisotopic (exact) mass is 273 g/mol. The Hall–Kier alpha value is -1.90. The first-order valence-corrected chi connectivity index (χ1v) is 6.98. The molecule has 0 saturated carbocycles. The lowest BCUT2D eigenvalue weighted by Crippen LogP contribution is -2.44. The molecule has 0 aliphatic carbocycles. The van der Waals surface area contributed by atoms with Crippen LogP contribution in [-0.4, -0.2) is 16.8 Å². The Morgan fingerprint density at radius 1 is 1.35 bits per heavy atom. The second-order valence-electron chi connectivity index (χ2n) is 5.07. The molecule has 1 aromatic carbocycles. The molecule has 1 aliphatic heterocycles. The van der Waals surface area contributed by atoms with Crippen LogP contribution in [0.5, 0.6) is 0 Å². The minimum absolute atomic E-state index is 0.0159. The Morgan fingerprint density at radius 2 is 2.10 bits per heavy atom. The summed E-state index contributed by atoms with van der Waals surface area (Å²) in [7, 11) is 0. The number of carbonyl (C=O) groups excluding carboxylic acids is 1. The van der Waals surface area contributed by atoms with Crippen molar-refractivity contribution in [3.63, 3.8) is 0 Å². The van der Waals surface area contributed by atoms with Crippen LogP contribution in [0.25, 0.3) is 0 Å². The van der Waals surface area contributed by atoms with Gasteiger partial charge in [-0.25, -0.2) is 4.39 Å². The largest absolute Gasteiger partial charge is 0.329 e. The number of rotatable bonds is 4. The van der Waals surface area contributed by atoms with Crippen LogP contribution in [0.3, 0.4) is 0 Å². The van der Waals surface area contributed by atoms with Crippen LogP contribution < -0.4 is 0 Å². The molecule has 0 bridgehead atoms. The Bertz CT molecular complexity index is 511. The molecule has 1 amide bonds. The zero-order chi connectivity index (χ0) is 14.5. The van der Waals surface area contributed by atoms with E-state index in [0.29, 0.717) is 5.56 Å². The number of likely N-dealkylation sites (tertiary alicyclic amines) is 1. The lowest BCUT2D eigenvalue weighted by atomic mass is 9.90. The van der Waals surface area contributed by atoms with Gasteiger partial charge in [-0.15, -0.1) is 13.2 Å². The van der Waals surface area contributed by atoms with Gasteiger partial charge in [-0.2, -0.15) is 0 Å². The van der Waals surface area contributed by atoms with Gasteiger partial charge >= 0.3 is 0 Å². The molecule has 0 aromatic heterocycles. The van der Waals surface area contributed by atoms with Gasteiger partial charge in [0.1, 0.15) is 5.82 Å². The molecule has 3 heteroatoms. The molecule has 2 nitrogen and oxygen atoms in total. The van der Waals surface area contributed by atoms with E-state index >= 15 is 0 Å². The Labute approximate surface area is 119 Å². The minimum atomic E-state index is -0.251. The van der Waals surface area contributed by atoms with Crippen molar-refractivity contribution in [1.29, 1.82) is 0 Å². The first-order chi connectivity index (χ1) is 9.69. The molecular weight excluding hydrogens is 253 g/mol. The summed E-state index contributed by atoms with van der Waals surface area (Å²) in [6.07, 6.45) is 6.29. The fraction of sp³-hybridized carbons (Fsp3) is 0.353. The van der Waals surface area contributed by atoms with Gasteiger partial charge in [0.2, 0.25) is 5.91 Å². The summed E-state index contributed by atoms with van der Waals surface area (Å²) in [6, 6.07) is 6.46. The maximum absolute atomic E-state index is 14.0. The molecule has 2 rings (SSSR count). The minimum Gasteiger partial charge on any atom is -0.329 e. The SMILES string of the molecule is C=CCC(=O)N1[C@H](C=C)CCC[C@@H]1c1ccccc1F. The van der Waals surface area contributed by atoms with Crippen molar-refractivity contribution >= 4 is 5.91 Å². The number of carbonyl (C=O) groups is 1. The number of amides is 1. The quantitative estimate of drug-likeness (QED) is 0.759. The topological polar surface area (TPSA) is 20.3 Å². The fourth-order valence-corrected chi connectivity index (χ4v) is 2.90. The van der Waals surface area contributed by atoms with Crippen LogP contribution >= 0.6 is 0 Å². The molecular formula is C17H20FNO. The van der Waals surface area contributed by atoms with Crippen LogP contribution in [0, 0.1) is 5.82 Å². The van der Waals surface area contributed by atoms with E-state index in [1.807, 2.05) is 6.07 Å². The molecule has 0 spiro atoms. The van der Waals surface area contributed by atoms with Crippen LogP contribution in [0.1, 0.15) is 37.3 Å². The fourth-order valence-electron chi connectivity index (χ4n) is 2.90.